The fraction of sp³-hybridized carbons (Fsp3) is 0.688. The van der Waals surface area contributed by atoms with Crippen molar-refractivity contribution in [1.29, 1.82) is 0 Å². The van der Waals surface area contributed by atoms with Crippen molar-refractivity contribution in [2.75, 3.05) is 26.2 Å². The molecule has 1 aromatic heterocycles. The third-order valence-electron chi connectivity index (χ3n) is 3.73. The first-order valence-electron chi connectivity index (χ1n) is 8.21. The molecule has 1 aliphatic heterocycles. The average Bonchev–Trinajstić information content (AvgIpc) is 2.71. The van der Waals surface area contributed by atoms with E-state index in [2.05, 4.69) is 21.0 Å². The lowest BCUT2D eigenvalue weighted by Gasteiger charge is -2.26. The van der Waals surface area contributed by atoms with Crippen molar-refractivity contribution in [3.05, 3.63) is 16.4 Å². The Balaban J connectivity index is 2.04. The van der Waals surface area contributed by atoms with E-state index >= 15 is 0 Å². The van der Waals surface area contributed by atoms with Crippen LogP contribution in [0.1, 0.15) is 44.6 Å². The maximum absolute atomic E-state index is 12.8. The summed E-state index contributed by atoms with van der Waals surface area (Å²) in [6.07, 6.45) is 2.04. The predicted molar refractivity (Wildman–Crippen MR) is 93.9 cm³/mol. The van der Waals surface area contributed by atoms with Crippen LogP contribution in [0.3, 0.4) is 0 Å². The Morgan fingerprint density at radius 1 is 1.21 bits per heavy atom. The second-order valence-corrected chi connectivity index (χ2v) is 7.62. The van der Waals surface area contributed by atoms with Crippen molar-refractivity contribution >= 4 is 27.9 Å². The molecule has 2 rings (SSSR count). The molecule has 0 saturated carbocycles. The molecule has 7 nitrogen and oxygen atoms in total. The Kier molecular flexibility index (Phi) is 5.90. The minimum absolute atomic E-state index is 0.0627. The fourth-order valence-electron chi connectivity index (χ4n) is 2.59. The second kappa shape index (κ2) is 7.55. The van der Waals surface area contributed by atoms with Gasteiger partial charge < -0.3 is 14.5 Å². The summed E-state index contributed by atoms with van der Waals surface area (Å²) in [5.41, 5.74) is 0.0421. The molecule has 0 aromatic carbocycles. The van der Waals surface area contributed by atoms with Crippen LogP contribution in [0.15, 0.2) is 10.7 Å². The Hall–Kier alpha value is -1.57. The number of amides is 2. The molecule has 0 radical (unpaired) electrons. The molecule has 2 heterocycles. The lowest BCUT2D eigenvalue weighted by atomic mass is 10.2. The van der Waals surface area contributed by atoms with Gasteiger partial charge in [-0.15, -0.1) is 0 Å². The van der Waals surface area contributed by atoms with E-state index in [0.29, 0.717) is 42.9 Å². The first kappa shape index (κ1) is 18.8. The van der Waals surface area contributed by atoms with Gasteiger partial charge in [-0.05, 0) is 50.0 Å². The lowest BCUT2D eigenvalue weighted by Crippen LogP contribution is -2.40. The molecule has 0 aliphatic carbocycles. The van der Waals surface area contributed by atoms with Gasteiger partial charge in [0, 0.05) is 32.7 Å². The summed E-state index contributed by atoms with van der Waals surface area (Å²) >= 11 is 3.40. The van der Waals surface area contributed by atoms with E-state index in [1.54, 1.807) is 20.7 Å². The SMILES string of the molecule is CCn1ncc(Br)c1C(=O)N1CCCN(C(=O)OC(C)(C)C)CC1. The molecular weight excluding hydrogens is 376 g/mol. The quantitative estimate of drug-likeness (QED) is 0.765. The average molecular weight is 401 g/mol. The van der Waals surface area contributed by atoms with Gasteiger partial charge in [-0.1, -0.05) is 0 Å². The highest BCUT2D eigenvalue weighted by Crippen LogP contribution is 2.19. The normalized spacial score (nSPS) is 16.0. The Labute approximate surface area is 151 Å². The van der Waals surface area contributed by atoms with Crippen molar-refractivity contribution in [3.63, 3.8) is 0 Å². The molecule has 134 valence electrons. The molecule has 0 N–H and O–H groups in total. The Bertz CT molecular complexity index is 609. The van der Waals surface area contributed by atoms with Gasteiger partial charge in [0.2, 0.25) is 0 Å². The minimum atomic E-state index is -0.516. The smallest absolute Gasteiger partial charge is 0.410 e. The Morgan fingerprint density at radius 3 is 2.46 bits per heavy atom. The third kappa shape index (κ3) is 4.49. The van der Waals surface area contributed by atoms with Gasteiger partial charge in [0.15, 0.2) is 0 Å². The number of aromatic nitrogens is 2. The maximum Gasteiger partial charge on any atom is 0.410 e. The highest BCUT2D eigenvalue weighted by molar-refractivity contribution is 9.10. The van der Waals surface area contributed by atoms with Crippen molar-refractivity contribution < 1.29 is 14.3 Å². The van der Waals surface area contributed by atoms with Crippen LogP contribution in [0.5, 0.6) is 0 Å². The molecule has 8 heteroatoms. The number of hydrogen-bond acceptors (Lipinski definition) is 4. The number of ether oxygens (including phenoxy) is 1. The number of hydrogen-bond donors (Lipinski definition) is 0. The largest absolute Gasteiger partial charge is 0.444 e. The zero-order valence-electron chi connectivity index (χ0n) is 14.7. The van der Waals surface area contributed by atoms with E-state index in [1.165, 1.54) is 0 Å². The van der Waals surface area contributed by atoms with Crippen LogP contribution in [0.2, 0.25) is 0 Å². The summed E-state index contributed by atoms with van der Waals surface area (Å²) in [5.74, 6) is -0.0627. The summed E-state index contributed by atoms with van der Waals surface area (Å²) in [4.78, 5) is 28.5. The van der Waals surface area contributed by atoms with Crippen LogP contribution in [0.25, 0.3) is 0 Å². The van der Waals surface area contributed by atoms with Gasteiger partial charge in [-0.3, -0.25) is 9.48 Å². The Morgan fingerprint density at radius 2 is 1.83 bits per heavy atom. The monoisotopic (exact) mass is 400 g/mol. The molecule has 0 unspecified atom stereocenters. The molecule has 1 aliphatic rings. The summed E-state index contributed by atoms with van der Waals surface area (Å²) < 4.78 is 7.80. The molecule has 1 fully saturated rings. The van der Waals surface area contributed by atoms with Gasteiger partial charge in [-0.2, -0.15) is 5.10 Å². The third-order valence-corrected chi connectivity index (χ3v) is 4.31. The highest BCUT2D eigenvalue weighted by atomic mass is 79.9. The van der Waals surface area contributed by atoms with Gasteiger partial charge in [0.25, 0.3) is 5.91 Å². The number of carbonyl (C=O) groups excluding carboxylic acids is 2. The molecule has 0 atom stereocenters. The summed E-state index contributed by atoms with van der Waals surface area (Å²) in [5, 5.41) is 4.19. The first-order chi connectivity index (χ1) is 11.2. The number of nitrogens with zero attached hydrogens (tertiary/aromatic N) is 4. The summed E-state index contributed by atoms with van der Waals surface area (Å²) in [6, 6.07) is 0. The molecule has 0 bridgehead atoms. The number of halogens is 1. The van der Waals surface area contributed by atoms with E-state index in [4.69, 9.17) is 4.74 Å². The second-order valence-electron chi connectivity index (χ2n) is 6.77. The van der Waals surface area contributed by atoms with Gasteiger partial charge >= 0.3 is 6.09 Å². The van der Waals surface area contributed by atoms with Gasteiger partial charge in [0.05, 0.1) is 10.7 Å². The standard InChI is InChI=1S/C16H25BrN4O3/c1-5-21-13(12(17)11-18-21)14(22)19-7-6-8-20(10-9-19)15(23)24-16(2,3)4/h11H,5-10H2,1-4H3. The van der Waals surface area contributed by atoms with Gasteiger partial charge in [-0.25, -0.2) is 4.79 Å². The molecule has 2 amide bonds. The summed E-state index contributed by atoms with van der Waals surface area (Å²) in [6.45, 7) is 10.3. The van der Waals surface area contributed by atoms with Crippen molar-refractivity contribution in [1.82, 2.24) is 19.6 Å². The van der Waals surface area contributed by atoms with E-state index in [9.17, 15) is 9.59 Å². The van der Waals surface area contributed by atoms with E-state index in [1.807, 2.05) is 27.7 Å². The zero-order valence-corrected chi connectivity index (χ0v) is 16.3. The molecule has 1 aromatic rings. The minimum Gasteiger partial charge on any atom is -0.444 e. The number of aryl methyl sites for hydroxylation is 1. The van der Waals surface area contributed by atoms with Crippen molar-refractivity contribution in [3.8, 4) is 0 Å². The van der Waals surface area contributed by atoms with Crippen LogP contribution < -0.4 is 0 Å². The fourth-order valence-corrected chi connectivity index (χ4v) is 3.06. The van der Waals surface area contributed by atoms with E-state index < -0.39 is 5.60 Å². The molecule has 1 saturated heterocycles. The van der Waals surface area contributed by atoms with Gasteiger partial charge in [0.1, 0.15) is 11.3 Å². The van der Waals surface area contributed by atoms with Crippen LogP contribution in [-0.4, -0.2) is 63.4 Å². The van der Waals surface area contributed by atoms with E-state index in [-0.39, 0.29) is 12.0 Å². The lowest BCUT2D eigenvalue weighted by molar-refractivity contribution is 0.0255. The predicted octanol–water partition coefficient (Wildman–Crippen LogP) is 2.75. The highest BCUT2D eigenvalue weighted by Gasteiger charge is 2.28. The van der Waals surface area contributed by atoms with E-state index in [0.717, 1.165) is 6.42 Å². The molecule has 0 spiro atoms. The van der Waals surface area contributed by atoms with Crippen molar-refractivity contribution in [2.24, 2.45) is 0 Å². The van der Waals surface area contributed by atoms with Crippen LogP contribution in [0, 0.1) is 0 Å². The molecule has 24 heavy (non-hydrogen) atoms. The zero-order chi connectivity index (χ0) is 17.9. The van der Waals surface area contributed by atoms with Crippen LogP contribution in [-0.2, 0) is 11.3 Å². The van der Waals surface area contributed by atoms with Crippen LogP contribution >= 0.6 is 15.9 Å². The maximum atomic E-state index is 12.8. The number of rotatable bonds is 2. The first-order valence-corrected chi connectivity index (χ1v) is 9.00. The topological polar surface area (TPSA) is 67.7 Å². The van der Waals surface area contributed by atoms with Crippen molar-refractivity contribution in [2.45, 2.75) is 46.3 Å². The number of carbonyl (C=O) groups is 2. The molecular formula is C16H25BrN4O3. The van der Waals surface area contributed by atoms with Crippen LogP contribution in [0.4, 0.5) is 4.79 Å². The summed E-state index contributed by atoms with van der Waals surface area (Å²) in [7, 11) is 0.